The Balaban J connectivity index is 2.99. The van der Waals surface area contributed by atoms with E-state index in [0.717, 1.165) is 0 Å². The smallest absolute Gasteiger partial charge is 0.0272 e. The van der Waals surface area contributed by atoms with Crippen LogP contribution in [0.15, 0.2) is 0 Å². The van der Waals surface area contributed by atoms with Crippen LogP contribution in [0.4, 0.5) is 0 Å². The first-order valence-electron chi connectivity index (χ1n) is 2.00. The molecule has 0 aromatic rings. The first kappa shape index (κ1) is 6.65. The van der Waals surface area contributed by atoms with Crippen LogP contribution in [0.3, 0.4) is 0 Å². The Morgan fingerprint density at radius 3 is 1.33 bits per heavy atom. The molecule has 0 rings (SSSR count). The van der Waals surface area contributed by atoms with Gasteiger partial charge in [0.15, 0.2) is 0 Å². The Morgan fingerprint density at radius 1 is 1.17 bits per heavy atom. The molecule has 0 saturated heterocycles. The van der Waals surface area contributed by atoms with Crippen LogP contribution in [0.2, 0.25) is 19.6 Å². The van der Waals surface area contributed by atoms with Gasteiger partial charge in [-0.25, -0.2) is 0 Å². The maximum absolute atomic E-state index is 3.63. The van der Waals surface area contributed by atoms with E-state index in [1.807, 2.05) is 0 Å². The van der Waals surface area contributed by atoms with Crippen LogP contribution in [0.5, 0.6) is 0 Å². The molecular weight excluding hydrogens is 120 g/mol. The average Bonchev–Trinajstić information content (AvgIpc) is 1.36. The molecule has 0 heterocycles. The van der Waals surface area contributed by atoms with Gasteiger partial charge in [-0.1, -0.05) is 19.6 Å². The molecule has 0 atom stereocenters. The zero-order chi connectivity index (χ0) is 5.15. The van der Waals surface area contributed by atoms with Crippen molar-refractivity contribution in [2.75, 3.05) is 0 Å². The molecule has 0 aromatic heterocycles. The normalized spacial score (nSPS) is 11.0. The van der Waals surface area contributed by atoms with Gasteiger partial charge in [0.25, 0.3) is 0 Å². The van der Waals surface area contributed by atoms with Crippen LogP contribution >= 0.6 is 0 Å². The molecule has 0 aromatic carbocycles. The van der Waals surface area contributed by atoms with Gasteiger partial charge in [0.2, 0.25) is 0 Å². The minimum absolute atomic E-state index is 0.0442. The Kier molecular flexibility index (Phi) is 3.06. The second kappa shape index (κ2) is 2.76. The van der Waals surface area contributed by atoms with Crippen molar-refractivity contribution in [2.24, 2.45) is 0 Å². The van der Waals surface area contributed by atoms with E-state index in [1.165, 1.54) is 0 Å². The molecule has 0 nitrogen and oxygen atoms in total. The molecule has 6 heavy (non-hydrogen) atoms. The van der Waals surface area contributed by atoms with E-state index >= 15 is 0 Å². The maximum Gasteiger partial charge on any atom is 0.0272 e. The molecule has 0 saturated carbocycles. The largest absolute Gasteiger partial charge is 0.0759 e. The molecule has 33 valence electrons. The summed E-state index contributed by atoms with van der Waals surface area (Å²) in [6.07, 6.45) is 0. The van der Waals surface area contributed by atoms with Gasteiger partial charge in [-0.2, -0.15) is 0 Å². The first-order chi connectivity index (χ1) is 2.64. The fourth-order valence-corrected chi connectivity index (χ4v) is 0. The van der Waals surface area contributed by atoms with Crippen LogP contribution in [0, 0.1) is 0 Å². The Bertz CT molecular complexity index is 27.0. The zero-order valence-electron chi connectivity index (χ0n) is 4.50. The monoisotopic (exact) mass is 129 g/mol. The second-order valence-electron chi connectivity index (χ2n) is 1.62. The topological polar surface area (TPSA) is 0 Å². The average molecular weight is 129 g/mol. The Labute approximate surface area is 46.2 Å². The summed E-state index contributed by atoms with van der Waals surface area (Å²) in [6, 6.07) is 0. The van der Waals surface area contributed by atoms with Crippen LogP contribution in [0.1, 0.15) is 0 Å². The first-order valence-corrected chi connectivity index (χ1v) is 9.00. The summed E-state index contributed by atoms with van der Waals surface area (Å²) in [4.78, 5) is 0. The predicted molar refractivity (Wildman–Crippen MR) is 34.9 cm³/mol. The molecule has 0 bridgehead atoms. The molecule has 0 spiro atoms. The standard InChI is InChI=1S/C3H9Si3/c1-5(2)6(3)4/h1-3H3. The highest BCUT2D eigenvalue weighted by Crippen LogP contribution is 1.80. The van der Waals surface area contributed by atoms with Gasteiger partial charge < -0.3 is 0 Å². The number of hydrogen-bond acceptors (Lipinski definition) is 0. The van der Waals surface area contributed by atoms with Gasteiger partial charge in [-0.05, 0) is 0 Å². The Morgan fingerprint density at radius 2 is 1.33 bits per heavy atom. The summed E-state index contributed by atoms with van der Waals surface area (Å²) >= 11 is 0. The third-order valence-electron chi connectivity index (χ3n) is 0.750. The molecule has 0 aliphatic carbocycles. The van der Waals surface area contributed by atoms with Crippen molar-refractivity contribution in [3.63, 3.8) is 0 Å². The molecule has 0 fully saturated rings. The number of hydrogen-bond donors (Lipinski definition) is 0. The van der Waals surface area contributed by atoms with Crippen molar-refractivity contribution in [1.29, 1.82) is 0 Å². The molecule has 3 heteroatoms. The highest BCUT2D eigenvalue weighted by molar-refractivity contribution is 7.40. The molecule has 0 amide bonds. The highest BCUT2D eigenvalue weighted by atomic mass is 29.6. The summed E-state index contributed by atoms with van der Waals surface area (Å²) in [5.74, 6) is 0. The lowest BCUT2D eigenvalue weighted by Crippen LogP contribution is -2.26. The van der Waals surface area contributed by atoms with Crippen LogP contribution in [-0.2, 0) is 0 Å². The van der Waals surface area contributed by atoms with E-state index in [9.17, 15) is 0 Å². The van der Waals surface area contributed by atoms with Gasteiger partial charge >= 0.3 is 0 Å². The third kappa shape index (κ3) is 2.87. The van der Waals surface area contributed by atoms with Crippen LogP contribution in [0.25, 0.3) is 0 Å². The molecule has 0 aliphatic rings. The fraction of sp³-hybridized carbons (Fsp3) is 1.00. The SMILES string of the molecule is C[Si](C)[Si](C)[Si]. The maximum atomic E-state index is 3.63. The lowest BCUT2D eigenvalue weighted by Gasteiger charge is -2.00. The molecule has 5 radical (unpaired) electrons. The minimum Gasteiger partial charge on any atom is -0.0759 e. The second-order valence-corrected chi connectivity index (χ2v) is 13.9. The van der Waals surface area contributed by atoms with E-state index in [4.69, 9.17) is 0 Å². The molecule has 0 N–H and O–H groups in total. The van der Waals surface area contributed by atoms with Crippen molar-refractivity contribution in [3.8, 4) is 0 Å². The summed E-state index contributed by atoms with van der Waals surface area (Å²) in [5, 5.41) is 0. The minimum atomic E-state index is -0.0442. The van der Waals surface area contributed by atoms with E-state index in [-0.39, 0.29) is 16.1 Å². The summed E-state index contributed by atoms with van der Waals surface area (Å²) in [6.45, 7) is 6.98. The van der Waals surface area contributed by atoms with E-state index < -0.39 is 0 Å². The zero-order valence-corrected chi connectivity index (χ0v) is 7.50. The quantitative estimate of drug-likeness (QED) is 0.455. The summed E-state index contributed by atoms with van der Waals surface area (Å²) in [7, 11) is 3.65. The van der Waals surface area contributed by atoms with Gasteiger partial charge in [-0.15, -0.1) is 0 Å². The summed E-state index contributed by atoms with van der Waals surface area (Å²) < 4.78 is 0. The van der Waals surface area contributed by atoms with Crippen LogP contribution < -0.4 is 0 Å². The van der Waals surface area contributed by atoms with E-state index in [1.54, 1.807) is 0 Å². The van der Waals surface area contributed by atoms with E-state index in [0.29, 0.717) is 0 Å². The van der Waals surface area contributed by atoms with Crippen molar-refractivity contribution in [2.45, 2.75) is 19.6 Å². The van der Waals surface area contributed by atoms with Gasteiger partial charge in [0.1, 0.15) is 0 Å². The van der Waals surface area contributed by atoms with Gasteiger partial charge in [-0.3, -0.25) is 0 Å². The van der Waals surface area contributed by atoms with Crippen molar-refractivity contribution < 1.29 is 0 Å². The molecule has 0 aliphatic heterocycles. The third-order valence-corrected chi connectivity index (χ3v) is 11.2. The predicted octanol–water partition coefficient (Wildman–Crippen LogP) is 0.609. The lowest BCUT2D eigenvalue weighted by atomic mass is 11.9. The number of rotatable bonds is 1. The Hall–Kier alpha value is 0.651. The van der Waals surface area contributed by atoms with E-state index in [2.05, 4.69) is 29.4 Å². The molecular formula is C3H9Si3. The van der Waals surface area contributed by atoms with Crippen molar-refractivity contribution in [1.82, 2.24) is 0 Å². The van der Waals surface area contributed by atoms with Crippen LogP contribution in [-0.4, -0.2) is 25.9 Å². The lowest BCUT2D eigenvalue weighted by molar-refractivity contribution is 2.06. The summed E-state index contributed by atoms with van der Waals surface area (Å²) in [5.41, 5.74) is 0. The van der Waals surface area contributed by atoms with Gasteiger partial charge in [0, 0.05) is 25.9 Å². The molecule has 0 unspecified atom stereocenters. The van der Waals surface area contributed by atoms with Crippen molar-refractivity contribution in [3.05, 3.63) is 0 Å². The van der Waals surface area contributed by atoms with Crippen molar-refractivity contribution >= 4 is 25.9 Å². The van der Waals surface area contributed by atoms with Gasteiger partial charge in [0.05, 0.1) is 0 Å². The fourth-order valence-electron chi connectivity index (χ4n) is 0. The highest BCUT2D eigenvalue weighted by Gasteiger charge is 2.00.